The number of hydrogen-bond donors (Lipinski definition) is 2. The fraction of sp³-hybridized carbons (Fsp3) is 0.565. The SMILES string of the molecule is CCOC(C)c1c(C)c2cc3[nH]c(cc4nc(cc5nc(cc1[nH]2)C(C)=C5CCCN(CCCl)CCCl)C(CCCN(CCCl)CCCl)=C4C)c(C)c3C(C)OCC. The average molecular weight is 875 g/mol. The van der Waals surface area contributed by atoms with Gasteiger partial charge < -0.3 is 29.2 Å². The van der Waals surface area contributed by atoms with E-state index in [1.807, 2.05) is 13.8 Å². The first-order valence-corrected chi connectivity index (χ1v) is 23.2. The fourth-order valence-corrected chi connectivity index (χ4v) is 9.56. The Morgan fingerprint density at radius 2 is 0.914 bits per heavy atom. The highest BCUT2D eigenvalue weighted by Crippen LogP contribution is 2.39. The molecule has 2 aliphatic heterocycles. The van der Waals surface area contributed by atoms with Gasteiger partial charge in [0.25, 0.3) is 0 Å². The van der Waals surface area contributed by atoms with E-state index in [4.69, 9.17) is 65.8 Å². The zero-order valence-corrected chi connectivity index (χ0v) is 38.9. The van der Waals surface area contributed by atoms with Crippen molar-refractivity contribution in [2.75, 3.05) is 76.0 Å². The Morgan fingerprint density at radius 1 is 0.534 bits per heavy atom. The maximum Gasteiger partial charge on any atom is 0.0820 e. The summed E-state index contributed by atoms with van der Waals surface area (Å²) < 4.78 is 12.5. The van der Waals surface area contributed by atoms with Gasteiger partial charge in [-0.05, 0) is 152 Å². The minimum Gasteiger partial charge on any atom is -0.374 e. The van der Waals surface area contributed by atoms with E-state index in [0.717, 1.165) is 132 Å². The van der Waals surface area contributed by atoms with Crippen LogP contribution in [-0.4, -0.2) is 106 Å². The molecule has 318 valence electrons. The largest absolute Gasteiger partial charge is 0.374 e. The molecular weight excluding hydrogens is 810 g/mol. The molecule has 2 atom stereocenters. The summed E-state index contributed by atoms with van der Waals surface area (Å²) in [6.07, 6.45) is 3.43. The standard InChI is InChI=1S/C46H64Cl4N6O2/c1-9-57-33(7)45-31(5)39-25-37-29(3)35(13-11-19-55(21-15-47)22-16-48)41(51-37)28-42-36(14-12-20-56(23-17-49)24-18-50)30(4)38(52-42)26-43-46(34(8)58-10-2)32(6)40(54-43)27-44(45)53-39/h25-28,33-34,53-54H,9-24H2,1-8H3. The molecule has 0 aliphatic carbocycles. The summed E-state index contributed by atoms with van der Waals surface area (Å²) in [5, 5.41) is 0. The zero-order chi connectivity index (χ0) is 41.9. The van der Waals surface area contributed by atoms with E-state index in [-0.39, 0.29) is 12.2 Å². The first-order valence-electron chi connectivity index (χ1n) is 21.1. The van der Waals surface area contributed by atoms with Crippen LogP contribution in [0, 0.1) is 13.8 Å². The van der Waals surface area contributed by atoms with Gasteiger partial charge in [0.05, 0.1) is 35.0 Å². The van der Waals surface area contributed by atoms with Gasteiger partial charge in [0.2, 0.25) is 0 Å². The van der Waals surface area contributed by atoms with Crippen molar-refractivity contribution < 1.29 is 9.47 Å². The lowest BCUT2D eigenvalue weighted by atomic mass is 9.98. The van der Waals surface area contributed by atoms with Gasteiger partial charge in [0, 0.05) is 96.1 Å². The maximum absolute atomic E-state index is 6.26. The molecule has 8 nitrogen and oxygen atoms in total. The number of ether oxygens (including phenoxy) is 2. The molecule has 58 heavy (non-hydrogen) atoms. The van der Waals surface area contributed by atoms with Crippen molar-refractivity contribution in [2.45, 2.75) is 93.3 Å². The molecule has 12 heteroatoms. The molecule has 0 saturated heterocycles. The highest BCUT2D eigenvalue weighted by Gasteiger charge is 2.24. The van der Waals surface area contributed by atoms with E-state index in [0.29, 0.717) is 36.7 Å². The van der Waals surface area contributed by atoms with Gasteiger partial charge in [-0.1, -0.05) is 0 Å². The monoisotopic (exact) mass is 872 g/mol. The highest BCUT2D eigenvalue weighted by molar-refractivity contribution is 6.18. The number of allylic oxidation sites excluding steroid dienone is 4. The molecule has 0 spiro atoms. The van der Waals surface area contributed by atoms with Crippen molar-refractivity contribution in [3.05, 3.63) is 69.3 Å². The molecular formula is C46H64Cl4N6O2. The lowest BCUT2D eigenvalue weighted by molar-refractivity contribution is 0.0769. The Hall–Kier alpha value is -2.40. The molecule has 5 rings (SSSR count). The van der Waals surface area contributed by atoms with Crippen molar-refractivity contribution >= 4 is 90.8 Å². The summed E-state index contributed by atoms with van der Waals surface area (Å²) >= 11 is 24.7. The van der Waals surface area contributed by atoms with Gasteiger partial charge in [-0.15, -0.1) is 46.4 Å². The molecule has 0 amide bonds. The van der Waals surface area contributed by atoms with Gasteiger partial charge in [0.15, 0.2) is 0 Å². The van der Waals surface area contributed by atoms with Crippen LogP contribution >= 0.6 is 46.4 Å². The van der Waals surface area contributed by atoms with E-state index in [1.54, 1.807) is 0 Å². The number of rotatable bonds is 22. The summed E-state index contributed by atoms with van der Waals surface area (Å²) in [5.74, 6) is 2.33. The van der Waals surface area contributed by atoms with Crippen LogP contribution in [0.4, 0.5) is 0 Å². The van der Waals surface area contributed by atoms with Crippen LogP contribution in [0.15, 0.2) is 24.3 Å². The molecule has 3 aromatic rings. The Kier molecular flexibility index (Phi) is 18.1. The van der Waals surface area contributed by atoms with Crippen molar-refractivity contribution in [2.24, 2.45) is 0 Å². The minimum atomic E-state index is -0.120. The number of nitrogens with one attached hydrogen (secondary N) is 2. The summed E-state index contributed by atoms with van der Waals surface area (Å²) in [4.78, 5) is 23.1. The number of alkyl halides is 4. The molecule has 0 aromatic carbocycles. The number of fused-ring (bicyclic) bond motifs is 8. The van der Waals surface area contributed by atoms with E-state index in [1.165, 1.54) is 22.3 Å². The molecule has 0 fully saturated rings. The summed E-state index contributed by atoms with van der Waals surface area (Å²) in [6, 6.07) is 8.89. The fourth-order valence-electron chi connectivity index (χ4n) is 8.60. The molecule has 0 radical (unpaired) electrons. The molecule has 2 unspecified atom stereocenters. The summed E-state index contributed by atoms with van der Waals surface area (Å²) in [7, 11) is 0. The summed E-state index contributed by atoms with van der Waals surface area (Å²) in [6.45, 7) is 23.5. The Balaban J connectivity index is 1.79. The Labute approximate surface area is 366 Å². The smallest absolute Gasteiger partial charge is 0.0820 e. The second-order valence-electron chi connectivity index (χ2n) is 15.4. The second-order valence-corrected chi connectivity index (χ2v) is 16.9. The first kappa shape index (κ1) is 46.7. The molecule has 2 aliphatic rings. The normalized spacial score (nSPS) is 14.4. The van der Waals surface area contributed by atoms with Crippen LogP contribution in [0.2, 0.25) is 0 Å². The van der Waals surface area contributed by atoms with Crippen LogP contribution in [-0.2, 0) is 9.47 Å². The molecule has 2 N–H and O–H groups in total. The topological polar surface area (TPSA) is 82.3 Å². The van der Waals surface area contributed by atoms with Crippen LogP contribution in [0.5, 0.6) is 0 Å². The average Bonchev–Trinajstić information content (AvgIpc) is 3.85. The first-order chi connectivity index (χ1) is 28.0. The maximum atomic E-state index is 6.26. The Bertz CT molecular complexity index is 2080. The van der Waals surface area contributed by atoms with Crippen molar-refractivity contribution in [3.8, 4) is 0 Å². The number of hydrogen-bond acceptors (Lipinski definition) is 6. The quantitative estimate of drug-likeness (QED) is 0.0979. The van der Waals surface area contributed by atoms with E-state index in [9.17, 15) is 0 Å². The molecule has 5 heterocycles. The predicted octanol–water partition coefficient (Wildman–Crippen LogP) is 12.1. The highest BCUT2D eigenvalue weighted by atomic mass is 35.5. The van der Waals surface area contributed by atoms with Crippen LogP contribution in [0.3, 0.4) is 0 Å². The molecule has 3 aromatic heterocycles. The van der Waals surface area contributed by atoms with Gasteiger partial charge in [-0.2, -0.15) is 0 Å². The lowest BCUT2D eigenvalue weighted by Gasteiger charge is -2.20. The van der Waals surface area contributed by atoms with Gasteiger partial charge in [-0.25, -0.2) is 9.97 Å². The summed E-state index contributed by atoms with van der Waals surface area (Å²) in [5.41, 5.74) is 17.3. The number of nitrogens with zero attached hydrogens (tertiary/aromatic N) is 4. The third kappa shape index (κ3) is 11.1. The third-order valence-corrected chi connectivity index (χ3v) is 12.4. The number of aromatic amines is 2. The van der Waals surface area contributed by atoms with Crippen LogP contribution in [0.1, 0.15) is 124 Å². The Morgan fingerprint density at radius 3 is 1.31 bits per heavy atom. The van der Waals surface area contributed by atoms with Crippen molar-refractivity contribution in [1.82, 2.24) is 29.7 Å². The second kappa shape index (κ2) is 22.4. The lowest BCUT2D eigenvalue weighted by Crippen LogP contribution is -2.29. The predicted molar refractivity (Wildman–Crippen MR) is 250 cm³/mol. The van der Waals surface area contributed by atoms with E-state index in [2.05, 4.69) is 85.6 Å². The van der Waals surface area contributed by atoms with Gasteiger partial charge in [0.1, 0.15) is 0 Å². The minimum absolute atomic E-state index is 0.110. The van der Waals surface area contributed by atoms with Crippen LogP contribution in [0.25, 0.3) is 44.4 Å². The van der Waals surface area contributed by atoms with Crippen molar-refractivity contribution in [3.63, 3.8) is 0 Å². The van der Waals surface area contributed by atoms with Crippen molar-refractivity contribution in [1.29, 1.82) is 0 Å². The van der Waals surface area contributed by atoms with Gasteiger partial charge >= 0.3 is 0 Å². The number of halogens is 4. The number of H-pyrrole nitrogens is 2. The molecule has 8 bridgehead atoms. The van der Waals surface area contributed by atoms with E-state index < -0.39 is 0 Å². The zero-order valence-electron chi connectivity index (χ0n) is 35.9. The third-order valence-electron chi connectivity index (χ3n) is 11.7. The van der Waals surface area contributed by atoms with Crippen LogP contribution < -0.4 is 0 Å². The van der Waals surface area contributed by atoms with E-state index >= 15 is 0 Å². The number of aromatic nitrogens is 4. The number of aryl methyl sites for hydroxylation is 2. The van der Waals surface area contributed by atoms with Gasteiger partial charge in [-0.3, -0.25) is 0 Å². The molecule has 0 saturated carbocycles.